The van der Waals surface area contributed by atoms with Gasteiger partial charge in [-0.15, -0.1) is 0 Å². The molecule has 2 aliphatic rings. The van der Waals surface area contributed by atoms with Gasteiger partial charge in [0.25, 0.3) is 0 Å². The maximum absolute atomic E-state index is 14.3. The Bertz CT molecular complexity index is 869. The number of fused-ring (bicyclic) bond motifs is 1. The van der Waals surface area contributed by atoms with Gasteiger partial charge in [0.1, 0.15) is 11.5 Å². The highest BCUT2D eigenvalue weighted by Gasteiger charge is 2.40. The fourth-order valence-corrected chi connectivity index (χ4v) is 4.87. The van der Waals surface area contributed by atoms with Crippen LogP contribution in [0.3, 0.4) is 0 Å². The predicted octanol–water partition coefficient (Wildman–Crippen LogP) is 2.86. The fourth-order valence-electron chi connectivity index (χ4n) is 3.42. The average Bonchev–Trinajstić information content (AvgIpc) is 2.95. The zero-order valence-electron chi connectivity index (χ0n) is 13.8. The van der Waals surface area contributed by atoms with Gasteiger partial charge in [-0.3, -0.25) is 0 Å². The summed E-state index contributed by atoms with van der Waals surface area (Å²) in [7, 11) is -3.37. The maximum Gasteiger partial charge on any atom is 0.182 e. The van der Waals surface area contributed by atoms with Crippen LogP contribution in [0.1, 0.15) is 41.0 Å². The van der Waals surface area contributed by atoms with Crippen molar-refractivity contribution < 1.29 is 22.1 Å². The number of rotatable bonds is 5. The first-order chi connectivity index (χ1) is 12.0. The van der Waals surface area contributed by atoms with E-state index >= 15 is 0 Å². The third-order valence-corrected chi connectivity index (χ3v) is 6.39. The lowest BCUT2D eigenvalue weighted by Crippen LogP contribution is -2.42. The highest BCUT2D eigenvalue weighted by molar-refractivity contribution is 7.89. The highest BCUT2D eigenvalue weighted by Crippen LogP contribution is 2.34. The molecule has 1 fully saturated rings. The fraction of sp³-hybridized carbons (Fsp3) is 0.500. The van der Waals surface area contributed by atoms with E-state index in [1.807, 2.05) is 0 Å². The van der Waals surface area contributed by atoms with Crippen LogP contribution in [0.5, 0.6) is 0 Å². The standard InChI is InChI=1S/C18H20FNO4S/c19-18(11-23-12-18)14-7-5-13(6-8-14)9-25(21,22)10-16-15-3-1-2-4-17(15)24-20-16/h5-8H,1-4,9-12H2. The zero-order valence-corrected chi connectivity index (χ0v) is 14.6. The van der Waals surface area contributed by atoms with Crippen molar-refractivity contribution in [1.29, 1.82) is 0 Å². The number of benzene rings is 1. The van der Waals surface area contributed by atoms with Gasteiger partial charge in [0.2, 0.25) is 0 Å². The van der Waals surface area contributed by atoms with Gasteiger partial charge in [0, 0.05) is 12.0 Å². The average molecular weight is 365 g/mol. The van der Waals surface area contributed by atoms with E-state index in [1.54, 1.807) is 24.3 Å². The Hall–Kier alpha value is -1.73. The van der Waals surface area contributed by atoms with Crippen LogP contribution in [0.4, 0.5) is 4.39 Å². The number of nitrogens with zero attached hydrogens (tertiary/aromatic N) is 1. The van der Waals surface area contributed by atoms with Crippen molar-refractivity contribution in [2.45, 2.75) is 42.9 Å². The summed E-state index contributed by atoms with van der Waals surface area (Å²) in [4.78, 5) is 0. The van der Waals surface area contributed by atoms with Gasteiger partial charge in [-0.1, -0.05) is 29.4 Å². The molecule has 0 spiro atoms. The Morgan fingerprint density at radius 2 is 1.80 bits per heavy atom. The molecule has 1 aromatic heterocycles. The lowest BCUT2D eigenvalue weighted by Gasteiger charge is -2.34. The van der Waals surface area contributed by atoms with Crippen LogP contribution in [-0.4, -0.2) is 26.8 Å². The second-order valence-electron chi connectivity index (χ2n) is 6.93. The van der Waals surface area contributed by atoms with E-state index in [2.05, 4.69) is 5.16 Å². The van der Waals surface area contributed by atoms with E-state index in [9.17, 15) is 12.8 Å². The number of ether oxygens (including phenoxy) is 1. The van der Waals surface area contributed by atoms with Crippen LogP contribution in [0, 0.1) is 0 Å². The van der Waals surface area contributed by atoms with Crippen molar-refractivity contribution in [2.75, 3.05) is 13.2 Å². The number of aryl methyl sites for hydroxylation is 1. The number of hydrogen-bond acceptors (Lipinski definition) is 5. The SMILES string of the molecule is O=S(=O)(Cc1ccc(C2(F)COC2)cc1)Cc1noc2c1CCCC2. The van der Waals surface area contributed by atoms with Crippen molar-refractivity contribution in [3.05, 3.63) is 52.4 Å². The van der Waals surface area contributed by atoms with Crippen molar-refractivity contribution in [3.8, 4) is 0 Å². The molecule has 2 heterocycles. The minimum Gasteiger partial charge on any atom is -0.374 e. The first-order valence-corrected chi connectivity index (χ1v) is 10.3. The molecule has 1 aliphatic heterocycles. The van der Waals surface area contributed by atoms with Gasteiger partial charge in [0.15, 0.2) is 15.5 Å². The molecule has 0 bridgehead atoms. The van der Waals surface area contributed by atoms with Crippen LogP contribution in [0.25, 0.3) is 0 Å². The van der Waals surface area contributed by atoms with Gasteiger partial charge in [-0.05, 0) is 30.4 Å². The minimum atomic E-state index is -3.37. The zero-order chi connectivity index (χ0) is 17.5. The molecule has 1 aliphatic carbocycles. The highest BCUT2D eigenvalue weighted by atomic mass is 32.2. The van der Waals surface area contributed by atoms with Crippen molar-refractivity contribution in [3.63, 3.8) is 0 Å². The first kappa shape index (κ1) is 16.7. The molecule has 0 N–H and O–H groups in total. The van der Waals surface area contributed by atoms with E-state index in [4.69, 9.17) is 9.26 Å². The maximum atomic E-state index is 14.3. The Morgan fingerprint density at radius 3 is 2.48 bits per heavy atom. The molecule has 1 aromatic carbocycles. The summed E-state index contributed by atoms with van der Waals surface area (Å²) in [6.45, 7) is 0.115. The third kappa shape index (κ3) is 3.35. The molecule has 0 atom stereocenters. The molecule has 7 heteroatoms. The van der Waals surface area contributed by atoms with Crippen molar-refractivity contribution >= 4 is 9.84 Å². The summed E-state index contributed by atoms with van der Waals surface area (Å²) in [5.74, 6) is 0.621. The summed E-state index contributed by atoms with van der Waals surface area (Å²) in [6.07, 6.45) is 3.76. The summed E-state index contributed by atoms with van der Waals surface area (Å²) in [5, 5.41) is 3.97. The number of hydrogen-bond donors (Lipinski definition) is 0. The normalized spacial score (nSPS) is 19.2. The van der Waals surface area contributed by atoms with Crippen LogP contribution in [-0.2, 0) is 44.6 Å². The molecule has 134 valence electrons. The minimum absolute atomic E-state index is 0.0575. The van der Waals surface area contributed by atoms with Crippen LogP contribution >= 0.6 is 0 Å². The Morgan fingerprint density at radius 1 is 1.08 bits per heavy atom. The van der Waals surface area contributed by atoms with Gasteiger partial charge in [-0.25, -0.2) is 12.8 Å². The van der Waals surface area contributed by atoms with Gasteiger partial charge in [0.05, 0.1) is 24.7 Å². The van der Waals surface area contributed by atoms with E-state index in [-0.39, 0.29) is 24.7 Å². The summed E-state index contributed by atoms with van der Waals surface area (Å²) in [5.41, 5.74) is 1.25. The molecule has 1 saturated heterocycles. The molecule has 4 rings (SSSR count). The van der Waals surface area contributed by atoms with Crippen molar-refractivity contribution in [1.82, 2.24) is 5.16 Å². The summed E-state index contributed by atoms with van der Waals surface area (Å²) < 4.78 is 49.5. The van der Waals surface area contributed by atoms with E-state index < -0.39 is 15.5 Å². The molecular formula is C18H20FNO4S. The molecule has 0 radical (unpaired) electrons. The molecular weight excluding hydrogens is 345 g/mol. The van der Waals surface area contributed by atoms with E-state index in [0.29, 0.717) is 16.8 Å². The summed E-state index contributed by atoms with van der Waals surface area (Å²) >= 11 is 0. The molecule has 25 heavy (non-hydrogen) atoms. The van der Waals surface area contributed by atoms with Gasteiger partial charge in [-0.2, -0.15) is 0 Å². The quantitative estimate of drug-likeness (QED) is 0.815. The van der Waals surface area contributed by atoms with Crippen LogP contribution in [0.2, 0.25) is 0 Å². The largest absolute Gasteiger partial charge is 0.374 e. The Balaban J connectivity index is 1.47. The van der Waals surface area contributed by atoms with Crippen LogP contribution < -0.4 is 0 Å². The first-order valence-electron chi connectivity index (χ1n) is 8.48. The number of halogens is 1. The third-order valence-electron chi connectivity index (χ3n) is 4.91. The second kappa shape index (κ2) is 6.21. The van der Waals surface area contributed by atoms with Crippen molar-refractivity contribution in [2.24, 2.45) is 0 Å². The second-order valence-corrected chi connectivity index (χ2v) is 8.99. The topological polar surface area (TPSA) is 69.4 Å². The number of sulfone groups is 1. The molecule has 0 unspecified atom stereocenters. The molecule has 2 aromatic rings. The van der Waals surface area contributed by atoms with Gasteiger partial charge >= 0.3 is 0 Å². The Labute approximate surface area is 146 Å². The number of aromatic nitrogens is 1. The van der Waals surface area contributed by atoms with Crippen LogP contribution in [0.15, 0.2) is 28.8 Å². The molecule has 0 amide bonds. The lowest BCUT2D eigenvalue weighted by atomic mass is 9.93. The molecule has 0 saturated carbocycles. The lowest BCUT2D eigenvalue weighted by molar-refractivity contribution is -0.135. The monoisotopic (exact) mass is 365 g/mol. The van der Waals surface area contributed by atoms with Gasteiger partial charge < -0.3 is 9.26 Å². The van der Waals surface area contributed by atoms with E-state index in [0.717, 1.165) is 37.0 Å². The Kier molecular flexibility index (Phi) is 4.16. The predicted molar refractivity (Wildman–Crippen MR) is 89.5 cm³/mol. The molecule has 5 nitrogen and oxygen atoms in total. The number of alkyl halides is 1. The smallest absolute Gasteiger partial charge is 0.182 e. The summed E-state index contributed by atoms with van der Waals surface area (Å²) in [6, 6.07) is 6.63. The van der Waals surface area contributed by atoms with E-state index in [1.165, 1.54) is 0 Å².